The van der Waals surface area contributed by atoms with E-state index in [-0.39, 0.29) is 12.4 Å². The summed E-state index contributed by atoms with van der Waals surface area (Å²) in [6, 6.07) is 3.38. The fourth-order valence-electron chi connectivity index (χ4n) is 1.67. The molecule has 0 spiro atoms. The summed E-state index contributed by atoms with van der Waals surface area (Å²) in [6.07, 6.45) is 6.35. The van der Waals surface area contributed by atoms with Gasteiger partial charge in [0.05, 0.1) is 12.6 Å². The Morgan fingerprint density at radius 2 is 1.76 bits per heavy atom. The Kier molecular flexibility index (Phi) is 15.3. The van der Waals surface area contributed by atoms with E-state index in [1.54, 1.807) is 0 Å². The molecule has 0 aliphatic carbocycles. The van der Waals surface area contributed by atoms with Gasteiger partial charge in [-0.2, -0.15) is 0 Å². The summed E-state index contributed by atoms with van der Waals surface area (Å²) in [6.45, 7) is 5.86. The quantitative estimate of drug-likeness (QED) is 0.461. The predicted octanol–water partition coefficient (Wildman–Crippen LogP) is 3.50. The van der Waals surface area contributed by atoms with Gasteiger partial charge in [0, 0.05) is 12.6 Å². The maximum Gasteiger partial charge on any atom is 0.0892 e. The SMILES string of the molecule is CCCCCC(CCN=C=NCC)N(C)C.Cl. The Bertz CT molecular complexity index is 211. The highest BCUT2D eigenvalue weighted by molar-refractivity contribution is 5.85. The van der Waals surface area contributed by atoms with E-state index < -0.39 is 0 Å². The van der Waals surface area contributed by atoms with Crippen LogP contribution in [-0.2, 0) is 0 Å². The van der Waals surface area contributed by atoms with Gasteiger partial charge in [-0.1, -0.05) is 26.2 Å². The summed E-state index contributed by atoms with van der Waals surface area (Å²) >= 11 is 0. The predicted molar refractivity (Wildman–Crippen MR) is 78.8 cm³/mol. The topological polar surface area (TPSA) is 28.0 Å². The second-order valence-corrected chi connectivity index (χ2v) is 4.36. The maximum absolute atomic E-state index is 4.17. The lowest BCUT2D eigenvalue weighted by atomic mass is 10.0. The number of unbranched alkanes of at least 4 members (excludes halogenated alkanes) is 2. The molecule has 1 atom stereocenters. The molecule has 0 saturated heterocycles. The molecule has 1 unspecified atom stereocenters. The van der Waals surface area contributed by atoms with E-state index in [2.05, 4.69) is 41.9 Å². The fourth-order valence-corrected chi connectivity index (χ4v) is 1.67. The van der Waals surface area contributed by atoms with Gasteiger partial charge in [-0.15, -0.1) is 12.4 Å². The zero-order valence-electron chi connectivity index (χ0n) is 11.8. The molecule has 0 aromatic carbocycles. The van der Waals surface area contributed by atoms with E-state index in [9.17, 15) is 0 Å². The molecule has 0 N–H and O–H groups in total. The molecule has 17 heavy (non-hydrogen) atoms. The Morgan fingerprint density at radius 1 is 1.06 bits per heavy atom. The van der Waals surface area contributed by atoms with Crippen molar-refractivity contribution in [2.45, 2.75) is 52.0 Å². The lowest BCUT2D eigenvalue weighted by molar-refractivity contribution is 0.261. The van der Waals surface area contributed by atoms with Crippen LogP contribution < -0.4 is 0 Å². The maximum atomic E-state index is 4.17. The van der Waals surface area contributed by atoms with Crippen molar-refractivity contribution in [3.8, 4) is 0 Å². The molecule has 0 radical (unpaired) electrons. The van der Waals surface area contributed by atoms with Gasteiger partial charge in [0.2, 0.25) is 0 Å². The van der Waals surface area contributed by atoms with E-state index in [0.29, 0.717) is 6.04 Å². The molecule has 0 heterocycles. The van der Waals surface area contributed by atoms with Gasteiger partial charge in [-0.3, -0.25) is 0 Å². The third-order valence-electron chi connectivity index (χ3n) is 2.74. The molecule has 0 amide bonds. The minimum atomic E-state index is 0. The zero-order chi connectivity index (χ0) is 12.2. The van der Waals surface area contributed by atoms with Crippen LogP contribution in [0, 0.1) is 0 Å². The van der Waals surface area contributed by atoms with Crippen molar-refractivity contribution in [3.63, 3.8) is 0 Å². The molecule has 102 valence electrons. The minimum absolute atomic E-state index is 0. The Labute approximate surface area is 113 Å². The third kappa shape index (κ3) is 11.9. The number of aliphatic imine (C=N–C) groups is 2. The van der Waals surface area contributed by atoms with Crippen LogP contribution in [0.4, 0.5) is 0 Å². The number of hydrogen-bond donors (Lipinski definition) is 0. The number of hydrogen-bond acceptors (Lipinski definition) is 3. The molecule has 0 aliphatic rings. The van der Waals surface area contributed by atoms with E-state index in [4.69, 9.17) is 0 Å². The summed E-state index contributed by atoms with van der Waals surface area (Å²) < 4.78 is 0. The molecular formula is C13H28ClN3. The van der Waals surface area contributed by atoms with Gasteiger partial charge in [-0.05, 0) is 33.9 Å². The van der Waals surface area contributed by atoms with Gasteiger partial charge >= 0.3 is 0 Å². The first-order valence-corrected chi connectivity index (χ1v) is 6.46. The third-order valence-corrected chi connectivity index (χ3v) is 2.74. The molecule has 0 fully saturated rings. The summed E-state index contributed by atoms with van der Waals surface area (Å²) in [5.74, 6) is 0. The first kappa shape index (κ1) is 19.0. The zero-order valence-corrected chi connectivity index (χ0v) is 12.6. The second-order valence-electron chi connectivity index (χ2n) is 4.36. The second kappa shape index (κ2) is 13.7. The highest BCUT2D eigenvalue weighted by Gasteiger charge is 2.09. The van der Waals surface area contributed by atoms with Crippen molar-refractivity contribution in [3.05, 3.63) is 0 Å². The normalized spacial score (nSPS) is 11.6. The van der Waals surface area contributed by atoms with E-state index in [0.717, 1.165) is 19.5 Å². The Balaban J connectivity index is 0. The van der Waals surface area contributed by atoms with Crippen molar-refractivity contribution in [1.29, 1.82) is 0 Å². The number of rotatable bonds is 9. The smallest absolute Gasteiger partial charge is 0.0892 e. The molecular weight excluding hydrogens is 234 g/mol. The first-order valence-electron chi connectivity index (χ1n) is 6.46. The fraction of sp³-hybridized carbons (Fsp3) is 0.923. The van der Waals surface area contributed by atoms with Crippen LogP contribution in [0.2, 0.25) is 0 Å². The summed E-state index contributed by atoms with van der Waals surface area (Å²) in [4.78, 5) is 10.4. The lowest BCUT2D eigenvalue weighted by Crippen LogP contribution is -2.28. The van der Waals surface area contributed by atoms with Crippen molar-refractivity contribution >= 4 is 18.4 Å². The molecule has 0 aromatic rings. The Morgan fingerprint density at radius 3 is 2.29 bits per heavy atom. The van der Waals surface area contributed by atoms with Crippen molar-refractivity contribution in [1.82, 2.24) is 4.90 Å². The summed E-state index contributed by atoms with van der Waals surface area (Å²) in [7, 11) is 4.31. The van der Waals surface area contributed by atoms with Crippen LogP contribution >= 0.6 is 12.4 Å². The molecule has 0 bridgehead atoms. The largest absolute Gasteiger partial charge is 0.306 e. The molecule has 0 saturated carbocycles. The van der Waals surface area contributed by atoms with E-state index in [1.165, 1.54) is 25.7 Å². The average molecular weight is 262 g/mol. The Hall–Kier alpha value is -0.370. The van der Waals surface area contributed by atoms with E-state index >= 15 is 0 Å². The van der Waals surface area contributed by atoms with Crippen LogP contribution in [0.1, 0.15) is 46.0 Å². The highest BCUT2D eigenvalue weighted by atomic mass is 35.5. The van der Waals surface area contributed by atoms with Crippen molar-refractivity contribution in [2.24, 2.45) is 9.98 Å². The highest BCUT2D eigenvalue weighted by Crippen LogP contribution is 2.10. The van der Waals surface area contributed by atoms with Gasteiger partial charge in [0.25, 0.3) is 0 Å². The van der Waals surface area contributed by atoms with Crippen LogP contribution in [0.3, 0.4) is 0 Å². The van der Waals surface area contributed by atoms with Gasteiger partial charge in [-0.25, -0.2) is 9.98 Å². The van der Waals surface area contributed by atoms with Crippen LogP contribution in [0.25, 0.3) is 0 Å². The molecule has 3 nitrogen and oxygen atoms in total. The van der Waals surface area contributed by atoms with Crippen molar-refractivity contribution < 1.29 is 0 Å². The summed E-state index contributed by atoms with van der Waals surface area (Å²) in [5, 5.41) is 0. The molecule has 0 aliphatic heterocycles. The number of halogens is 1. The van der Waals surface area contributed by atoms with Crippen LogP contribution in [-0.4, -0.2) is 44.1 Å². The monoisotopic (exact) mass is 261 g/mol. The lowest BCUT2D eigenvalue weighted by Gasteiger charge is -2.23. The molecule has 4 heteroatoms. The van der Waals surface area contributed by atoms with E-state index in [1.807, 2.05) is 6.92 Å². The van der Waals surface area contributed by atoms with Crippen molar-refractivity contribution in [2.75, 3.05) is 27.2 Å². The standard InChI is InChI=1S/C13H27N3.ClH/c1-5-7-8-9-13(16(3)4)10-11-15-12-14-6-2;/h13H,5-11H2,1-4H3;1H. The average Bonchev–Trinajstić information content (AvgIpc) is 2.26. The first-order chi connectivity index (χ1) is 7.72. The molecule has 0 rings (SSSR count). The van der Waals surface area contributed by atoms with Gasteiger partial charge in [0.1, 0.15) is 0 Å². The van der Waals surface area contributed by atoms with Gasteiger partial charge < -0.3 is 4.90 Å². The van der Waals surface area contributed by atoms with Gasteiger partial charge in [0.15, 0.2) is 0 Å². The molecule has 0 aromatic heterocycles. The minimum Gasteiger partial charge on any atom is -0.306 e. The van der Waals surface area contributed by atoms with Crippen LogP contribution in [0.5, 0.6) is 0 Å². The van der Waals surface area contributed by atoms with Crippen LogP contribution in [0.15, 0.2) is 9.98 Å². The summed E-state index contributed by atoms with van der Waals surface area (Å²) in [5.41, 5.74) is 0. The number of nitrogens with zero attached hydrogens (tertiary/aromatic N) is 3.